The number of carbonyl (C=O) groups excluding carboxylic acids is 1. The first-order chi connectivity index (χ1) is 10.7. The Hall–Kier alpha value is -1.45. The molecule has 1 fully saturated rings. The zero-order chi connectivity index (χ0) is 17.2. The zero-order valence-electron chi connectivity index (χ0n) is 12.9. The smallest absolute Gasteiger partial charge is 0.306 e. The Morgan fingerprint density at radius 3 is 2.70 bits per heavy atom. The molecule has 7 nitrogen and oxygen atoms in total. The Morgan fingerprint density at radius 1 is 1.48 bits per heavy atom. The van der Waals surface area contributed by atoms with Gasteiger partial charge in [0.1, 0.15) is 4.21 Å². The minimum atomic E-state index is -3.71. The quantitative estimate of drug-likeness (QED) is 0.815. The number of rotatable bonds is 5. The largest absolute Gasteiger partial charge is 0.481 e. The molecule has 1 aliphatic rings. The number of hydrogen-bond acceptors (Lipinski definition) is 5. The van der Waals surface area contributed by atoms with Gasteiger partial charge in [0.25, 0.3) is 10.0 Å². The van der Waals surface area contributed by atoms with Gasteiger partial charge in [0.2, 0.25) is 5.91 Å². The molecule has 3 unspecified atom stereocenters. The monoisotopic (exact) mass is 360 g/mol. The van der Waals surface area contributed by atoms with E-state index in [4.69, 9.17) is 5.11 Å². The minimum Gasteiger partial charge on any atom is -0.481 e. The summed E-state index contributed by atoms with van der Waals surface area (Å²) in [5.74, 6) is -1.81. The van der Waals surface area contributed by atoms with Crippen LogP contribution in [0.2, 0.25) is 0 Å². The molecular weight excluding hydrogens is 340 g/mol. The lowest BCUT2D eigenvalue weighted by Gasteiger charge is -2.36. The molecular formula is C14H20N2O5S2. The van der Waals surface area contributed by atoms with E-state index >= 15 is 0 Å². The van der Waals surface area contributed by atoms with Gasteiger partial charge in [0.15, 0.2) is 0 Å². The predicted octanol–water partition coefficient (Wildman–Crippen LogP) is 0.984. The van der Waals surface area contributed by atoms with E-state index in [9.17, 15) is 18.0 Å². The second-order valence-corrected chi connectivity index (χ2v) is 8.66. The lowest BCUT2D eigenvalue weighted by molar-refractivity contribution is -0.148. The Balaban J connectivity index is 2.00. The van der Waals surface area contributed by atoms with Gasteiger partial charge in [0.05, 0.1) is 12.0 Å². The molecule has 2 rings (SSSR count). The number of thiophene rings is 1. The molecule has 1 aliphatic heterocycles. The van der Waals surface area contributed by atoms with Crippen molar-refractivity contribution in [3.63, 3.8) is 0 Å². The van der Waals surface area contributed by atoms with Crippen LogP contribution < -0.4 is 4.72 Å². The van der Waals surface area contributed by atoms with Gasteiger partial charge in [0, 0.05) is 13.1 Å². The molecule has 0 spiro atoms. The molecule has 128 valence electrons. The van der Waals surface area contributed by atoms with Crippen LogP contribution in [-0.2, 0) is 19.6 Å². The van der Waals surface area contributed by atoms with Crippen LogP contribution in [0.1, 0.15) is 20.3 Å². The molecule has 2 heterocycles. The maximum Gasteiger partial charge on any atom is 0.306 e. The molecule has 9 heteroatoms. The number of nitrogens with one attached hydrogen (secondary N) is 1. The minimum absolute atomic E-state index is 0.161. The summed E-state index contributed by atoms with van der Waals surface area (Å²) in [6.45, 7) is 3.94. The molecule has 3 atom stereocenters. The summed E-state index contributed by atoms with van der Waals surface area (Å²) < 4.78 is 26.8. The number of nitrogens with zero attached hydrogens (tertiary/aromatic N) is 1. The average Bonchev–Trinajstić information content (AvgIpc) is 3.00. The first-order valence-corrected chi connectivity index (χ1v) is 9.66. The van der Waals surface area contributed by atoms with Gasteiger partial charge in [-0.15, -0.1) is 11.3 Å². The van der Waals surface area contributed by atoms with Crippen molar-refractivity contribution in [2.45, 2.75) is 30.5 Å². The number of aliphatic carboxylic acids is 1. The fraction of sp³-hybridized carbons (Fsp3) is 0.571. The molecule has 0 radical (unpaired) electrons. The van der Waals surface area contributed by atoms with Crippen molar-refractivity contribution < 1.29 is 23.1 Å². The third-order valence-electron chi connectivity index (χ3n) is 4.00. The van der Waals surface area contributed by atoms with Gasteiger partial charge in [-0.05, 0) is 30.7 Å². The fourth-order valence-corrected chi connectivity index (χ4v) is 4.95. The fourth-order valence-electron chi connectivity index (χ4n) is 2.74. The van der Waals surface area contributed by atoms with Gasteiger partial charge >= 0.3 is 5.97 Å². The van der Waals surface area contributed by atoms with E-state index in [-0.39, 0.29) is 16.0 Å². The van der Waals surface area contributed by atoms with Crippen molar-refractivity contribution in [3.8, 4) is 0 Å². The van der Waals surface area contributed by atoms with Crippen LogP contribution >= 0.6 is 11.3 Å². The molecule has 0 aromatic carbocycles. The highest BCUT2D eigenvalue weighted by Gasteiger charge is 2.35. The molecule has 0 saturated carbocycles. The SMILES string of the molecule is CC(NS(=O)(=O)c1cccs1)C(=O)N1CCC(C(=O)O)C(C)C1. The summed E-state index contributed by atoms with van der Waals surface area (Å²) in [5.41, 5.74) is 0. The molecule has 1 aromatic heterocycles. The van der Waals surface area contributed by atoms with Gasteiger partial charge in [-0.25, -0.2) is 8.42 Å². The number of carboxylic acid groups (broad SMARTS) is 1. The lowest BCUT2D eigenvalue weighted by Crippen LogP contribution is -2.51. The maximum absolute atomic E-state index is 12.4. The third kappa shape index (κ3) is 4.10. The third-order valence-corrected chi connectivity index (χ3v) is 6.93. The second-order valence-electron chi connectivity index (χ2n) is 5.77. The zero-order valence-corrected chi connectivity index (χ0v) is 14.6. The van der Waals surface area contributed by atoms with Crippen LogP contribution in [0.4, 0.5) is 0 Å². The van der Waals surface area contributed by atoms with E-state index in [1.54, 1.807) is 18.4 Å². The van der Waals surface area contributed by atoms with Crippen molar-refractivity contribution in [3.05, 3.63) is 17.5 Å². The first-order valence-electron chi connectivity index (χ1n) is 7.30. The molecule has 1 saturated heterocycles. The number of piperidine rings is 1. The summed E-state index contributed by atoms with van der Waals surface area (Å²) in [4.78, 5) is 25.1. The molecule has 2 N–H and O–H groups in total. The Morgan fingerprint density at radius 2 is 2.17 bits per heavy atom. The second kappa shape index (κ2) is 6.98. The number of likely N-dealkylation sites (tertiary alicyclic amines) is 1. The molecule has 23 heavy (non-hydrogen) atoms. The average molecular weight is 360 g/mol. The van der Waals surface area contributed by atoms with E-state index in [1.165, 1.54) is 17.9 Å². The highest BCUT2D eigenvalue weighted by atomic mass is 32.2. The van der Waals surface area contributed by atoms with Crippen molar-refractivity contribution in [2.75, 3.05) is 13.1 Å². The van der Waals surface area contributed by atoms with Crippen molar-refractivity contribution >= 4 is 33.2 Å². The summed E-state index contributed by atoms with van der Waals surface area (Å²) in [6, 6.07) is 2.21. The van der Waals surface area contributed by atoms with Crippen LogP contribution in [0.15, 0.2) is 21.7 Å². The van der Waals surface area contributed by atoms with E-state index < -0.39 is 28.0 Å². The Bertz CT molecular complexity index is 671. The van der Waals surface area contributed by atoms with Crippen LogP contribution in [-0.4, -0.2) is 49.4 Å². The number of carbonyl (C=O) groups is 2. The van der Waals surface area contributed by atoms with Gasteiger partial charge in [-0.1, -0.05) is 13.0 Å². The Labute approximate surface area is 139 Å². The first kappa shape index (κ1) is 17.9. The Kier molecular flexibility index (Phi) is 5.43. The van der Waals surface area contributed by atoms with Crippen LogP contribution in [0.3, 0.4) is 0 Å². The van der Waals surface area contributed by atoms with E-state index in [1.807, 2.05) is 0 Å². The number of carboxylic acids is 1. The topological polar surface area (TPSA) is 104 Å². The van der Waals surface area contributed by atoms with Crippen molar-refractivity contribution in [1.82, 2.24) is 9.62 Å². The van der Waals surface area contributed by atoms with Crippen LogP contribution in [0.5, 0.6) is 0 Å². The summed E-state index contributed by atoms with van der Waals surface area (Å²) >= 11 is 1.08. The summed E-state index contributed by atoms with van der Waals surface area (Å²) in [6.07, 6.45) is 0.382. The predicted molar refractivity (Wildman–Crippen MR) is 85.6 cm³/mol. The van der Waals surface area contributed by atoms with Gasteiger partial charge in [-0.3, -0.25) is 9.59 Å². The van der Waals surface area contributed by atoms with E-state index in [0.717, 1.165) is 11.3 Å². The summed E-state index contributed by atoms with van der Waals surface area (Å²) in [5, 5.41) is 10.8. The van der Waals surface area contributed by atoms with Crippen LogP contribution in [0.25, 0.3) is 0 Å². The molecule has 0 bridgehead atoms. The molecule has 1 amide bonds. The molecule has 1 aromatic rings. The standard InChI is InChI=1S/C14H20N2O5S2/c1-9-8-16(6-5-11(9)14(18)19)13(17)10(2)15-23(20,21)12-4-3-7-22-12/h3-4,7,9-11,15H,5-6,8H2,1-2H3,(H,18,19). The van der Waals surface area contributed by atoms with E-state index in [2.05, 4.69) is 4.72 Å². The maximum atomic E-state index is 12.4. The lowest BCUT2D eigenvalue weighted by atomic mass is 9.87. The van der Waals surface area contributed by atoms with E-state index in [0.29, 0.717) is 19.5 Å². The highest BCUT2D eigenvalue weighted by molar-refractivity contribution is 7.91. The van der Waals surface area contributed by atoms with Crippen LogP contribution in [0, 0.1) is 11.8 Å². The van der Waals surface area contributed by atoms with Gasteiger partial charge in [-0.2, -0.15) is 4.72 Å². The number of hydrogen-bond donors (Lipinski definition) is 2. The normalized spacial score (nSPS) is 23.5. The molecule has 0 aliphatic carbocycles. The highest BCUT2D eigenvalue weighted by Crippen LogP contribution is 2.24. The van der Waals surface area contributed by atoms with Crippen molar-refractivity contribution in [2.24, 2.45) is 11.8 Å². The van der Waals surface area contributed by atoms with Crippen molar-refractivity contribution in [1.29, 1.82) is 0 Å². The number of amides is 1. The summed E-state index contributed by atoms with van der Waals surface area (Å²) in [7, 11) is -3.71. The van der Waals surface area contributed by atoms with Gasteiger partial charge < -0.3 is 10.0 Å². The number of sulfonamides is 1.